The molecule has 1 fully saturated rings. The van der Waals surface area contributed by atoms with Crippen molar-refractivity contribution < 1.29 is 18.9 Å². The minimum absolute atomic E-state index is 0.0490. The summed E-state index contributed by atoms with van der Waals surface area (Å²) in [5, 5.41) is 6.79. The number of rotatable bonds is 6. The van der Waals surface area contributed by atoms with E-state index in [2.05, 4.69) is 10.5 Å². The van der Waals surface area contributed by atoms with E-state index in [4.69, 9.17) is 16.1 Å². The number of thioether (sulfide) groups is 1. The molecule has 168 valence electrons. The van der Waals surface area contributed by atoms with Crippen LogP contribution in [0.15, 0.2) is 58.0 Å². The van der Waals surface area contributed by atoms with Crippen LogP contribution in [0.3, 0.4) is 0 Å². The monoisotopic (exact) mass is 481 g/mol. The highest BCUT2D eigenvalue weighted by atomic mass is 35.5. The molecule has 33 heavy (non-hydrogen) atoms. The zero-order valence-corrected chi connectivity index (χ0v) is 19.5. The molecule has 0 saturated carbocycles. The molecule has 0 unspecified atom stereocenters. The first kappa shape index (κ1) is 22.8. The molecule has 0 aliphatic carbocycles. The van der Waals surface area contributed by atoms with Gasteiger partial charge in [0.15, 0.2) is 0 Å². The lowest BCUT2D eigenvalue weighted by molar-refractivity contribution is -0.122. The highest BCUT2D eigenvalue weighted by Crippen LogP contribution is 2.32. The second kappa shape index (κ2) is 9.64. The van der Waals surface area contributed by atoms with Gasteiger partial charge in [0.05, 0.1) is 9.93 Å². The molecule has 3 aromatic rings. The fraction of sp³-hybridized carbons (Fsp3) is 0.167. The summed E-state index contributed by atoms with van der Waals surface area (Å²) in [5.74, 6) is -0.460. The maximum atomic E-state index is 12.8. The lowest BCUT2D eigenvalue weighted by atomic mass is 10.1. The predicted octanol–water partition coefficient (Wildman–Crippen LogP) is 5.08. The normalized spacial score (nSPS) is 14.9. The number of carbonyl (C=O) groups excluding carboxylic acids is 3. The molecular formula is C24H20ClN3O4S. The minimum atomic E-state index is -0.425. The average molecular weight is 482 g/mol. The molecule has 0 radical (unpaired) electrons. The molecule has 9 heteroatoms. The Morgan fingerprint density at radius 3 is 2.61 bits per heavy atom. The van der Waals surface area contributed by atoms with Crippen LogP contribution >= 0.6 is 23.4 Å². The Morgan fingerprint density at radius 2 is 1.88 bits per heavy atom. The number of amides is 3. The molecule has 1 saturated heterocycles. The third-order valence-electron chi connectivity index (χ3n) is 5.09. The van der Waals surface area contributed by atoms with Gasteiger partial charge in [-0.3, -0.25) is 19.3 Å². The van der Waals surface area contributed by atoms with Crippen molar-refractivity contribution in [1.82, 2.24) is 15.4 Å². The van der Waals surface area contributed by atoms with Crippen molar-refractivity contribution in [3.63, 3.8) is 0 Å². The second-order valence-corrected chi connectivity index (χ2v) is 8.84. The molecule has 2 heterocycles. The van der Waals surface area contributed by atoms with Gasteiger partial charge in [0.25, 0.3) is 17.1 Å². The van der Waals surface area contributed by atoms with E-state index in [9.17, 15) is 14.4 Å². The molecule has 1 aliphatic rings. The maximum absolute atomic E-state index is 12.8. The first-order valence-electron chi connectivity index (χ1n) is 10.2. The van der Waals surface area contributed by atoms with Gasteiger partial charge in [-0.15, -0.1) is 0 Å². The van der Waals surface area contributed by atoms with Crippen LogP contribution in [0.5, 0.6) is 0 Å². The van der Waals surface area contributed by atoms with Gasteiger partial charge in [-0.25, -0.2) is 0 Å². The predicted molar refractivity (Wildman–Crippen MR) is 128 cm³/mol. The summed E-state index contributed by atoms with van der Waals surface area (Å²) >= 11 is 7.13. The number of halogens is 1. The molecule has 0 bridgehead atoms. The van der Waals surface area contributed by atoms with Gasteiger partial charge in [-0.2, -0.15) is 0 Å². The van der Waals surface area contributed by atoms with Crippen molar-refractivity contribution in [3.05, 3.63) is 80.9 Å². The lowest BCUT2D eigenvalue weighted by Gasteiger charge is -2.13. The first-order valence-corrected chi connectivity index (χ1v) is 11.4. The third kappa shape index (κ3) is 4.86. The molecule has 0 atom stereocenters. The standard InChI is InChI=1S/C24H20ClN3O4S/c1-14-7-9-16(10-8-14)13-19-23(30)28(24(31)33-19)12-11-26-22(29)20-15(2)32-27-21(20)17-5-3-4-6-18(17)25/h3-10,13H,11-12H2,1-2H3,(H,26,29). The van der Waals surface area contributed by atoms with Crippen LogP contribution in [0.1, 0.15) is 27.2 Å². The number of nitrogens with zero attached hydrogens (tertiary/aromatic N) is 2. The van der Waals surface area contributed by atoms with Gasteiger partial charge in [0, 0.05) is 18.7 Å². The fourth-order valence-corrected chi connectivity index (χ4v) is 4.44. The van der Waals surface area contributed by atoms with E-state index in [1.54, 1.807) is 37.3 Å². The topological polar surface area (TPSA) is 92.5 Å². The summed E-state index contributed by atoms with van der Waals surface area (Å²) in [4.78, 5) is 39.4. The number of imide groups is 1. The van der Waals surface area contributed by atoms with Crippen LogP contribution in [-0.4, -0.2) is 40.2 Å². The van der Waals surface area contributed by atoms with E-state index in [-0.39, 0.29) is 29.8 Å². The van der Waals surface area contributed by atoms with E-state index in [0.29, 0.717) is 26.9 Å². The van der Waals surface area contributed by atoms with Crippen LogP contribution in [0.2, 0.25) is 5.02 Å². The number of benzene rings is 2. The van der Waals surface area contributed by atoms with Gasteiger partial charge in [0.1, 0.15) is 17.0 Å². The van der Waals surface area contributed by atoms with E-state index in [1.807, 2.05) is 31.2 Å². The first-order chi connectivity index (χ1) is 15.8. The molecule has 0 spiro atoms. The molecule has 7 nitrogen and oxygen atoms in total. The zero-order chi connectivity index (χ0) is 23.5. The van der Waals surface area contributed by atoms with Crippen molar-refractivity contribution in [2.75, 3.05) is 13.1 Å². The number of aryl methyl sites for hydroxylation is 2. The second-order valence-electron chi connectivity index (χ2n) is 7.44. The summed E-state index contributed by atoms with van der Waals surface area (Å²) < 4.78 is 5.22. The highest BCUT2D eigenvalue weighted by molar-refractivity contribution is 8.18. The number of hydrogen-bond donors (Lipinski definition) is 1. The summed E-state index contributed by atoms with van der Waals surface area (Å²) in [7, 11) is 0. The van der Waals surface area contributed by atoms with Crippen molar-refractivity contribution in [3.8, 4) is 11.3 Å². The van der Waals surface area contributed by atoms with Crippen LogP contribution in [-0.2, 0) is 4.79 Å². The Hall–Kier alpha value is -3.36. The fourth-order valence-electron chi connectivity index (χ4n) is 3.35. The highest BCUT2D eigenvalue weighted by Gasteiger charge is 2.34. The number of aromatic nitrogens is 1. The Kier molecular flexibility index (Phi) is 6.67. The summed E-state index contributed by atoms with van der Waals surface area (Å²) in [6.07, 6.45) is 1.69. The number of nitrogens with one attached hydrogen (secondary N) is 1. The Bertz CT molecular complexity index is 1270. The van der Waals surface area contributed by atoms with Gasteiger partial charge in [0.2, 0.25) is 0 Å². The number of carbonyl (C=O) groups is 3. The van der Waals surface area contributed by atoms with Crippen molar-refractivity contribution in [2.24, 2.45) is 0 Å². The van der Waals surface area contributed by atoms with Gasteiger partial charge < -0.3 is 9.84 Å². The van der Waals surface area contributed by atoms with E-state index in [0.717, 1.165) is 27.8 Å². The largest absolute Gasteiger partial charge is 0.360 e. The summed E-state index contributed by atoms with van der Waals surface area (Å²) in [6.45, 7) is 3.74. The van der Waals surface area contributed by atoms with E-state index < -0.39 is 5.91 Å². The molecule has 3 amide bonds. The van der Waals surface area contributed by atoms with Crippen LogP contribution < -0.4 is 5.32 Å². The van der Waals surface area contributed by atoms with Gasteiger partial charge in [-0.05, 0) is 43.3 Å². The smallest absolute Gasteiger partial charge is 0.293 e. The Morgan fingerprint density at radius 1 is 1.15 bits per heavy atom. The molecular weight excluding hydrogens is 462 g/mol. The Balaban J connectivity index is 1.42. The maximum Gasteiger partial charge on any atom is 0.293 e. The van der Waals surface area contributed by atoms with Gasteiger partial charge >= 0.3 is 0 Å². The lowest BCUT2D eigenvalue weighted by Crippen LogP contribution is -2.37. The van der Waals surface area contributed by atoms with Crippen molar-refractivity contribution >= 4 is 46.5 Å². The van der Waals surface area contributed by atoms with Crippen LogP contribution in [0.4, 0.5) is 4.79 Å². The zero-order valence-electron chi connectivity index (χ0n) is 17.9. The molecule has 2 aromatic carbocycles. The quantitative estimate of drug-likeness (QED) is 0.493. The average Bonchev–Trinajstić information content (AvgIpc) is 3.30. The Labute approximate surface area is 199 Å². The van der Waals surface area contributed by atoms with E-state index in [1.165, 1.54) is 0 Å². The summed E-state index contributed by atoms with van der Waals surface area (Å²) in [6, 6.07) is 14.7. The van der Waals surface area contributed by atoms with E-state index >= 15 is 0 Å². The molecule has 1 aromatic heterocycles. The summed E-state index contributed by atoms with van der Waals surface area (Å²) in [5.41, 5.74) is 3.12. The molecule has 1 aliphatic heterocycles. The van der Waals surface area contributed by atoms with Crippen molar-refractivity contribution in [2.45, 2.75) is 13.8 Å². The van der Waals surface area contributed by atoms with Gasteiger partial charge in [-0.1, -0.05) is 64.8 Å². The minimum Gasteiger partial charge on any atom is -0.360 e. The van der Waals surface area contributed by atoms with Crippen LogP contribution in [0, 0.1) is 13.8 Å². The SMILES string of the molecule is Cc1ccc(C=C2SC(=O)N(CCNC(=O)c3c(-c4ccccc4Cl)noc3C)C2=O)cc1. The van der Waals surface area contributed by atoms with Crippen LogP contribution in [0.25, 0.3) is 17.3 Å². The number of hydrogen-bond acceptors (Lipinski definition) is 6. The molecule has 1 N–H and O–H groups in total. The van der Waals surface area contributed by atoms with Crippen molar-refractivity contribution in [1.29, 1.82) is 0 Å². The third-order valence-corrected chi connectivity index (χ3v) is 6.33. The molecule has 4 rings (SSSR count).